The molecular formula is C11H17FN2O3. The van der Waals surface area contributed by atoms with Crippen molar-refractivity contribution in [2.75, 3.05) is 19.6 Å². The van der Waals surface area contributed by atoms with Gasteiger partial charge in [0.1, 0.15) is 5.60 Å². The molecule has 1 N–H and O–H groups in total. The number of likely N-dealkylation sites (tertiary alicyclic amines) is 1. The molecule has 2 atom stereocenters. The van der Waals surface area contributed by atoms with E-state index in [-0.39, 0.29) is 19.6 Å². The van der Waals surface area contributed by atoms with Crippen molar-refractivity contribution >= 4 is 12.0 Å². The Morgan fingerprint density at radius 2 is 2.24 bits per heavy atom. The van der Waals surface area contributed by atoms with E-state index in [0.717, 1.165) is 0 Å². The third-order valence-corrected chi connectivity index (χ3v) is 3.05. The third-order valence-electron chi connectivity index (χ3n) is 3.05. The first kappa shape index (κ1) is 12.1. The maximum atomic E-state index is 14.3. The lowest BCUT2D eigenvalue weighted by Crippen LogP contribution is -2.42. The lowest BCUT2D eigenvalue weighted by Gasteiger charge is -2.25. The largest absolute Gasteiger partial charge is 0.444 e. The molecule has 2 saturated heterocycles. The van der Waals surface area contributed by atoms with Crippen LogP contribution in [0.5, 0.6) is 0 Å². The first-order chi connectivity index (χ1) is 7.72. The molecule has 0 saturated carbocycles. The molecule has 2 heterocycles. The van der Waals surface area contributed by atoms with E-state index in [9.17, 15) is 14.0 Å². The van der Waals surface area contributed by atoms with Crippen LogP contribution in [0.15, 0.2) is 0 Å². The minimum absolute atomic E-state index is 0.210. The van der Waals surface area contributed by atoms with Crippen LogP contribution in [0.4, 0.5) is 9.18 Å². The SMILES string of the molecule is CC(C)(C)OC(=O)N1CC2CNC(=O)C2(F)C1. The molecule has 0 aliphatic carbocycles. The summed E-state index contributed by atoms with van der Waals surface area (Å²) >= 11 is 0. The minimum Gasteiger partial charge on any atom is -0.444 e. The number of amides is 2. The summed E-state index contributed by atoms with van der Waals surface area (Å²) in [7, 11) is 0. The van der Waals surface area contributed by atoms with Gasteiger partial charge in [-0.15, -0.1) is 0 Å². The summed E-state index contributed by atoms with van der Waals surface area (Å²) in [6.07, 6.45) is -0.559. The second kappa shape index (κ2) is 3.58. The zero-order valence-electron chi connectivity index (χ0n) is 10.2. The molecular weight excluding hydrogens is 227 g/mol. The van der Waals surface area contributed by atoms with Crippen LogP contribution in [0.1, 0.15) is 20.8 Å². The predicted molar refractivity (Wildman–Crippen MR) is 58.1 cm³/mol. The van der Waals surface area contributed by atoms with E-state index in [1.54, 1.807) is 20.8 Å². The second-order valence-electron chi connectivity index (χ2n) is 5.63. The quantitative estimate of drug-likeness (QED) is 0.682. The summed E-state index contributed by atoms with van der Waals surface area (Å²) in [5.41, 5.74) is -2.54. The summed E-state index contributed by atoms with van der Waals surface area (Å²) in [6, 6.07) is 0. The maximum absolute atomic E-state index is 14.3. The Balaban J connectivity index is 2.04. The van der Waals surface area contributed by atoms with E-state index >= 15 is 0 Å². The fourth-order valence-corrected chi connectivity index (χ4v) is 2.19. The van der Waals surface area contributed by atoms with Crippen LogP contribution < -0.4 is 5.32 Å². The summed E-state index contributed by atoms with van der Waals surface area (Å²) in [5, 5.41) is 2.48. The first-order valence-electron chi connectivity index (χ1n) is 5.67. The molecule has 96 valence electrons. The third kappa shape index (κ3) is 2.08. The van der Waals surface area contributed by atoms with Crippen LogP contribution in [-0.4, -0.2) is 47.8 Å². The van der Waals surface area contributed by atoms with Gasteiger partial charge in [0.15, 0.2) is 0 Å². The van der Waals surface area contributed by atoms with E-state index in [1.807, 2.05) is 0 Å². The van der Waals surface area contributed by atoms with Gasteiger partial charge < -0.3 is 15.0 Å². The Labute approximate surface area is 99.3 Å². The number of halogens is 1. The maximum Gasteiger partial charge on any atom is 0.410 e. The molecule has 5 nitrogen and oxygen atoms in total. The Morgan fingerprint density at radius 1 is 1.59 bits per heavy atom. The number of rotatable bonds is 0. The Kier molecular flexibility index (Phi) is 2.56. The Bertz CT molecular complexity index is 366. The van der Waals surface area contributed by atoms with Gasteiger partial charge in [0.2, 0.25) is 5.67 Å². The van der Waals surface area contributed by atoms with Crippen molar-refractivity contribution in [1.82, 2.24) is 10.2 Å². The van der Waals surface area contributed by atoms with Gasteiger partial charge in [-0.05, 0) is 20.8 Å². The summed E-state index contributed by atoms with van der Waals surface area (Å²) in [4.78, 5) is 24.4. The lowest BCUT2D eigenvalue weighted by atomic mass is 9.97. The topological polar surface area (TPSA) is 58.6 Å². The fourth-order valence-electron chi connectivity index (χ4n) is 2.19. The van der Waals surface area contributed by atoms with Crippen molar-refractivity contribution in [3.8, 4) is 0 Å². The summed E-state index contributed by atoms with van der Waals surface area (Å²) < 4.78 is 19.4. The van der Waals surface area contributed by atoms with Gasteiger partial charge in [-0.1, -0.05) is 0 Å². The summed E-state index contributed by atoms with van der Waals surface area (Å²) in [6.45, 7) is 5.55. The number of hydrogen-bond donors (Lipinski definition) is 1. The summed E-state index contributed by atoms with van der Waals surface area (Å²) in [5.74, 6) is -1.07. The first-order valence-corrected chi connectivity index (χ1v) is 5.67. The van der Waals surface area contributed by atoms with Gasteiger partial charge in [-0.3, -0.25) is 4.79 Å². The van der Waals surface area contributed by atoms with Crippen LogP contribution in [0.3, 0.4) is 0 Å². The number of nitrogens with zero attached hydrogens (tertiary/aromatic N) is 1. The molecule has 17 heavy (non-hydrogen) atoms. The van der Waals surface area contributed by atoms with E-state index in [4.69, 9.17) is 4.74 Å². The molecule has 0 radical (unpaired) electrons. The number of ether oxygens (including phenoxy) is 1. The van der Waals surface area contributed by atoms with Crippen molar-refractivity contribution in [3.63, 3.8) is 0 Å². The number of nitrogens with one attached hydrogen (secondary N) is 1. The molecule has 0 aromatic heterocycles. The van der Waals surface area contributed by atoms with Gasteiger partial charge >= 0.3 is 6.09 Å². The van der Waals surface area contributed by atoms with Crippen molar-refractivity contribution in [2.45, 2.75) is 32.0 Å². The van der Waals surface area contributed by atoms with E-state index in [1.165, 1.54) is 4.90 Å². The standard InChI is InChI=1S/C11H17FN2O3/c1-10(2,3)17-9(16)14-5-7-4-13-8(15)11(7,12)6-14/h7H,4-6H2,1-3H3,(H,13,15). The molecule has 2 amide bonds. The highest BCUT2D eigenvalue weighted by molar-refractivity contribution is 5.89. The second-order valence-corrected chi connectivity index (χ2v) is 5.63. The molecule has 2 fully saturated rings. The molecule has 2 rings (SSSR count). The number of alkyl halides is 1. The van der Waals surface area contributed by atoms with Gasteiger partial charge in [0.05, 0.1) is 6.54 Å². The highest BCUT2D eigenvalue weighted by Crippen LogP contribution is 2.35. The van der Waals surface area contributed by atoms with Gasteiger partial charge in [-0.2, -0.15) is 0 Å². The zero-order chi connectivity index (χ0) is 12.8. The lowest BCUT2D eigenvalue weighted by molar-refractivity contribution is -0.129. The molecule has 0 aromatic carbocycles. The molecule has 2 unspecified atom stereocenters. The van der Waals surface area contributed by atoms with Crippen molar-refractivity contribution < 1.29 is 18.7 Å². The Hall–Kier alpha value is -1.33. The molecule has 2 aliphatic rings. The van der Waals surface area contributed by atoms with Crippen LogP contribution in [-0.2, 0) is 9.53 Å². The zero-order valence-corrected chi connectivity index (χ0v) is 10.2. The van der Waals surface area contributed by atoms with Crippen molar-refractivity contribution in [3.05, 3.63) is 0 Å². The highest BCUT2D eigenvalue weighted by atomic mass is 19.1. The van der Waals surface area contributed by atoms with Crippen molar-refractivity contribution in [1.29, 1.82) is 0 Å². The van der Waals surface area contributed by atoms with Gasteiger partial charge in [-0.25, -0.2) is 9.18 Å². The van der Waals surface area contributed by atoms with Crippen LogP contribution in [0.2, 0.25) is 0 Å². The average molecular weight is 244 g/mol. The minimum atomic E-state index is -1.93. The molecule has 0 aromatic rings. The molecule has 6 heteroatoms. The molecule has 0 spiro atoms. The number of carbonyl (C=O) groups is 2. The van der Waals surface area contributed by atoms with Gasteiger partial charge in [0, 0.05) is 19.0 Å². The number of hydrogen-bond acceptors (Lipinski definition) is 3. The normalized spacial score (nSPS) is 32.4. The smallest absolute Gasteiger partial charge is 0.410 e. The fraction of sp³-hybridized carbons (Fsp3) is 0.818. The monoisotopic (exact) mass is 244 g/mol. The average Bonchev–Trinajstić information content (AvgIpc) is 2.62. The van der Waals surface area contributed by atoms with Crippen LogP contribution in [0.25, 0.3) is 0 Å². The van der Waals surface area contributed by atoms with Gasteiger partial charge in [0.25, 0.3) is 5.91 Å². The van der Waals surface area contributed by atoms with Crippen molar-refractivity contribution in [2.24, 2.45) is 5.92 Å². The highest BCUT2D eigenvalue weighted by Gasteiger charge is 2.58. The predicted octanol–water partition coefficient (Wildman–Crippen LogP) is 0.691. The Morgan fingerprint density at radius 3 is 2.76 bits per heavy atom. The number of carbonyl (C=O) groups excluding carboxylic acids is 2. The van der Waals surface area contributed by atoms with E-state index < -0.39 is 29.2 Å². The van der Waals surface area contributed by atoms with Crippen LogP contribution in [0, 0.1) is 5.92 Å². The molecule has 2 aliphatic heterocycles. The van der Waals surface area contributed by atoms with E-state index in [2.05, 4.69) is 5.32 Å². The number of fused-ring (bicyclic) bond motifs is 1. The molecule has 0 bridgehead atoms. The van der Waals surface area contributed by atoms with Crippen LogP contribution >= 0.6 is 0 Å². The van der Waals surface area contributed by atoms with E-state index in [0.29, 0.717) is 0 Å².